The minimum absolute atomic E-state index is 0.459. The fourth-order valence-corrected chi connectivity index (χ4v) is 2.55. The van der Waals surface area contributed by atoms with Crippen LogP contribution in [0.1, 0.15) is 5.56 Å². The predicted molar refractivity (Wildman–Crippen MR) is 98.2 cm³/mol. The summed E-state index contributed by atoms with van der Waals surface area (Å²) in [4.78, 5) is 13.1. The third-order valence-electron chi connectivity index (χ3n) is 3.81. The summed E-state index contributed by atoms with van der Waals surface area (Å²) in [5.41, 5.74) is 2.81. The molecule has 4 aromatic rings. The Morgan fingerprint density at radius 2 is 2.08 bits per heavy atom. The van der Waals surface area contributed by atoms with E-state index in [1.165, 1.54) is 6.21 Å². The number of hydrogen-bond acceptors (Lipinski definition) is 7. The number of nitrogens with zero attached hydrogens (tertiary/aromatic N) is 5. The Kier molecular flexibility index (Phi) is 3.98. The van der Waals surface area contributed by atoms with E-state index in [9.17, 15) is 0 Å². The number of hydrogen-bond donors (Lipinski definition) is 2. The lowest BCUT2D eigenvalue weighted by molar-refractivity contribution is 0.398. The Balaban J connectivity index is 1.83. The number of aromatic nitrogens is 5. The summed E-state index contributed by atoms with van der Waals surface area (Å²) in [6.45, 7) is 0. The van der Waals surface area contributed by atoms with Crippen molar-refractivity contribution in [1.29, 1.82) is 5.41 Å². The third-order valence-corrected chi connectivity index (χ3v) is 3.81. The van der Waals surface area contributed by atoms with E-state index in [2.05, 4.69) is 25.4 Å². The first-order chi connectivity index (χ1) is 12.8. The van der Waals surface area contributed by atoms with Crippen molar-refractivity contribution in [3.8, 4) is 17.4 Å². The second kappa shape index (κ2) is 6.60. The normalized spacial score (nSPS) is 10.7. The maximum atomic E-state index is 7.54. The van der Waals surface area contributed by atoms with Crippen LogP contribution < -0.4 is 10.1 Å². The van der Waals surface area contributed by atoms with Gasteiger partial charge >= 0.3 is 0 Å². The summed E-state index contributed by atoms with van der Waals surface area (Å²) in [6, 6.07) is 11.0. The van der Waals surface area contributed by atoms with E-state index < -0.39 is 0 Å². The van der Waals surface area contributed by atoms with Gasteiger partial charge in [0.05, 0.1) is 12.8 Å². The second-order valence-corrected chi connectivity index (χ2v) is 5.42. The first kappa shape index (κ1) is 15.7. The predicted octanol–water partition coefficient (Wildman–Crippen LogP) is 2.94. The lowest BCUT2D eigenvalue weighted by Crippen LogP contribution is -2.05. The molecule has 0 aromatic carbocycles. The Bertz CT molecular complexity index is 1090. The van der Waals surface area contributed by atoms with Crippen molar-refractivity contribution in [1.82, 2.24) is 24.6 Å². The van der Waals surface area contributed by atoms with Crippen molar-refractivity contribution in [2.24, 2.45) is 0 Å². The lowest BCUT2D eigenvalue weighted by atomic mass is 10.2. The largest absolute Gasteiger partial charge is 0.481 e. The zero-order valence-corrected chi connectivity index (χ0v) is 13.9. The zero-order valence-electron chi connectivity index (χ0n) is 13.9. The van der Waals surface area contributed by atoms with E-state index in [1.54, 1.807) is 36.2 Å². The standard InChI is InChI=1S/C18H15N7O/c1-26-16-6-2-4-14(21-16)17-23-18(15-5-3-9-25(15)24-17)22-13-7-8-20-11-12(13)10-19/h2-11,19H,1H3,(H,20,22,23,24). The van der Waals surface area contributed by atoms with Crippen LogP contribution in [-0.2, 0) is 0 Å². The first-order valence-corrected chi connectivity index (χ1v) is 7.87. The molecule has 0 bridgehead atoms. The molecule has 8 nitrogen and oxygen atoms in total. The van der Waals surface area contributed by atoms with E-state index >= 15 is 0 Å². The van der Waals surface area contributed by atoms with E-state index in [0.29, 0.717) is 28.8 Å². The lowest BCUT2D eigenvalue weighted by Gasteiger charge is -2.11. The van der Waals surface area contributed by atoms with Gasteiger partial charge in [-0.25, -0.2) is 14.5 Å². The van der Waals surface area contributed by atoms with Crippen molar-refractivity contribution >= 4 is 23.2 Å². The van der Waals surface area contributed by atoms with E-state index in [1.807, 2.05) is 30.5 Å². The van der Waals surface area contributed by atoms with Gasteiger partial charge in [-0.3, -0.25) is 4.98 Å². The van der Waals surface area contributed by atoms with E-state index in [4.69, 9.17) is 10.1 Å². The van der Waals surface area contributed by atoms with Crippen molar-refractivity contribution in [2.45, 2.75) is 0 Å². The van der Waals surface area contributed by atoms with Gasteiger partial charge in [0.2, 0.25) is 11.7 Å². The highest BCUT2D eigenvalue weighted by molar-refractivity contribution is 5.88. The highest BCUT2D eigenvalue weighted by atomic mass is 16.5. The van der Waals surface area contributed by atoms with Crippen molar-refractivity contribution in [3.05, 3.63) is 60.6 Å². The minimum Gasteiger partial charge on any atom is -0.481 e. The van der Waals surface area contributed by atoms with Crippen molar-refractivity contribution in [3.63, 3.8) is 0 Å². The Morgan fingerprint density at radius 1 is 1.15 bits per heavy atom. The van der Waals surface area contributed by atoms with Gasteiger partial charge < -0.3 is 15.5 Å². The topological polar surface area (TPSA) is 101 Å². The summed E-state index contributed by atoms with van der Waals surface area (Å²) in [6.07, 6.45) is 6.37. The fraction of sp³-hybridized carbons (Fsp3) is 0.0556. The maximum absolute atomic E-state index is 7.54. The molecule has 0 aliphatic carbocycles. The molecule has 0 fully saturated rings. The molecule has 0 aliphatic heterocycles. The molecule has 128 valence electrons. The van der Waals surface area contributed by atoms with Crippen LogP contribution in [0.2, 0.25) is 0 Å². The first-order valence-electron chi connectivity index (χ1n) is 7.87. The molecule has 4 aromatic heterocycles. The summed E-state index contributed by atoms with van der Waals surface area (Å²) < 4.78 is 6.92. The van der Waals surface area contributed by atoms with Gasteiger partial charge in [0.1, 0.15) is 11.2 Å². The number of methoxy groups -OCH3 is 1. The smallest absolute Gasteiger partial charge is 0.213 e. The molecule has 2 N–H and O–H groups in total. The van der Waals surface area contributed by atoms with Crippen LogP contribution in [0, 0.1) is 5.41 Å². The van der Waals surface area contributed by atoms with Crippen LogP contribution in [0.25, 0.3) is 17.0 Å². The molecule has 0 atom stereocenters. The number of anilines is 2. The van der Waals surface area contributed by atoms with Crippen LogP contribution >= 0.6 is 0 Å². The molecule has 0 spiro atoms. The highest BCUT2D eigenvalue weighted by Gasteiger charge is 2.12. The second-order valence-electron chi connectivity index (χ2n) is 5.42. The Labute approximate surface area is 149 Å². The van der Waals surface area contributed by atoms with Gasteiger partial charge in [0.25, 0.3) is 0 Å². The quantitative estimate of drug-likeness (QED) is 0.539. The number of fused-ring (bicyclic) bond motifs is 1. The van der Waals surface area contributed by atoms with Crippen LogP contribution in [0.15, 0.2) is 55.0 Å². The fourth-order valence-electron chi connectivity index (χ4n) is 2.55. The average Bonchev–Trinajstić information content (AvgIpc) is 3.17. The molecule has 0 saturated heterocycles. The monoisotopic (exact) mass is 345 g/mol. The SMILES string of the molecule is COc1cccc(-c2nc(Nc3ccncc3C=N)c3cccn3n2)n1. The van der Waals surface area contributed by atoms with Gasteiger partial charge in [0, 0.05) is 36.4 Å². The number of nitrogens with one attached hydrogen (secondary N) is 2. The Hall–Kier alpha value is -3.81. The molecule has 0 saturated carbocycles. The average molecular weight is 345 g/mol. The molecular weight excluding hydrogens is 330 g/mol. The molecule has 0 radical (unpaired) electrons. The summed E-state index contributed by atoms with van der Waals surface area (Å²) >= 11 is 0. The van der Waals surface area contributed by atoms with Crippen LogP contribution in [0.4, 0.5) is 11.5 Å². The van der Waals surface area contributed by atoms with E-state index in [0.717, 1.165) is 11.2 Å². The van der Waals surface area contributed by atoms with Gasteiger partial charge in [-0.15, -0.1) is 5.10 Å². The van der Waals surface area contributed by atoms with Gasteiger partial charge in [-0.05, 0) is 24.3 Å². The van der Waals surface area contributed by atoms with Crippen molar-refractivity contribution < 1.29 is 4.74 Å². The molecule has 4 heterocycles. The highest BCUT2D eigenvalue weighted by Crippen LogP contribution is 2.24. The molecule has 0 aliphatic rings. The van der Waals surface area contributed by atoms with E-state index in [-0.39, 0.29) is 0 Å². The zero-order chi connectivity index (χ0) is 17.9. The van der Waals surface area contributed by atoms with Gasteiger partial charge in [-0.2, -0.15) is 0 Å². The third kappa shape index (κ3) is 2.84. The number of rotatable bonds is 5. The summed E-state index contributed by atoms with van der Waals surface area (Å²) in [7, 11) is 1.57. The molecule has 0 unspecified atom stereocenters. The summed E-state index contributed by atoms with van der Waals surface area (Å²) in [5, 5.41) is 15.3. The molecular formula is C18H15N7O. The Morgan fingerprint density at radius 3 is 2.92 bits per heavy atom. The van der Waals surface area contributed by atoms with Crippen LogP contribution in [-0.4, -0.2) is 37.9 Å². The summed E-state index contributed by atoms with van der Waals surface area (Å²) in [5.74, 6) is 1.56. The number of ether oxygens (including phenoxy) is 1. The number of pyridine rings is 2. The van der Waals surface area contributed by atoms with Crippen LogP contribution in [0.5, 0.6) is 5.88 Å². The van der Waals surface area contributed by atoms with Gasteiger partial charge in [0.15, 0.2) is 5.82 Å². The maximum Gasteiger partial charge on any atom is 0.213 e. The molecule has 8 heteroatoms. The minimum atomic E-state index is 0.459. The van der Waals surface area contributed by atoms with Crippen LogP contribution in [0.3, 0.4) is 0 Å². The van der Waals surface area contributed by atoms with Gasteiger partial charge in [-0.1, -0.05) is 6.07 Å². The molecule has 0 amide bonds. The molecule has 26 heavy (non-hydrogen) atoms. The van der Waals surface area contributed by atoms with Crippen molar-refractivity contribution in [2.75, 3.05) is 12.4 Å². The molecule has 4 rings (SSSR count).